The molecule has 4 heterocycles. The molecule has 41 heavy (non-hydrogen) atoms. The van der Waals surface area contributed by atoms with Gasteiger partial charge in [-0.25, -0.2) is 0 Å². The third-order valence-corrected chi connectivity index (χ3v) is 8.94. The Bertz CT molecular complexity index is 2190. The van der Waals surface area contributed by atoms with Gasteiger partial charge in [-0.05, 0) is 55.5 Å². The van der Waals surface area contributed by atoms with Crippen molar-refractivity contribution in [1.29, 1.82) is 0 Å². The second-order valence-corrected chi connectivity index (χ2v) is 11.1. The summed E-state index contributed by atoms with van der Waals surface area (Å²) in [5, 5.41) is 4.88. The Kier molecular flexibility index (Phi) is 4.41. The SMILES string of the molecule is CC12C=Cc3c(-n4c5c#cccc5c5ccccc54)ccnc3[C@@H]1N=CC=C2n1c2ccccc2c2ccccc21. The molecule has 4 aromatic carbocycles. The first-order valence-electron chi connectivity index (χ1n) is 14.0. The van der Waals surface area contributed by atoms with Crippen molar-refractivity contribution < 1.29 is 0 Å². The lowest BCUT2D eigenvalue weighted by Crippen LogP contribution is -2.32. The zero-order chi connectivity index (χ0) is 27.1. The van der Waals surface area contributed by atoms with Crippen LogP contribution in [0.2, 0.25) is 0 Å². The van der Waals surface area contributed by atoms with E-state index in [1.807, 2.05) is 18.5 Å². The lowest BCUT2D eigenvalue weighted by atomic mass is 9.71. The number of rotatable bonds is 2. The van der Waals surface area contributed by atoms with Crippen molar-refractivity contribution in [3.05, 3.63) is 133 Å². The fourth-order valence-electron chi connectivity index (χ4n) is 7.06. The van der Waals surface area contributed by atoms with Gasteiger partial charge in [0.2, 0.25) is 0 Å². The van der Waals surface area contributed by atoms with Gasteiger partial charge < -0.3 is 9.13 Å². The molecule has 0 saturated heterocycles. The number of dihydropyridines is 1. The first-order chi connectivity index (χ1) is 20.2. The number of hydrogen-bond donors (Lipinski definition) is 0. The third kappa shape index (κ3) is 2.90. The minimum atomic E-state index is -0.390. The van der Waals surface area contributed by atoms with Gasteiger partial charge in [0.05, 0.1) is 33.3 Å². The minimum absolute atomic E-state index is 0.161. The highest BCUT2D eigenvalue weighted by Crippen LogP contribution is 2.53. The van der Waals surface area contributed by atoms with Crippen molar-refractivity contribution in [2.45, 2.75) is 13.0 Å². The Labute approximate surface area is 237 Å². The summed E-state index contributed by atoms with van der Waals surface area (Å²) in [7, 11) is 0. The molecule has 0 spiro atoms. The maximum absolute atomic E-state index is 5.08. The van der Waals surface area contributed by atoms with Crippen molar-refractivity contribution >= 4 is 61.6 Å². The number of aliphatic imine (C=N–C) groups is 1. The second-order valence-electron chi connectivity index (χ2n) is 11.1. The molecule has 0 amide bonds. The van der Waals surface area contributed by atoms with Crippen molar-refractivity contribution in [2.75, 3.05) is 0 Å². The number of aromatic nitrogens is 3. The predicted octanol–water partition coefficient (Wildman–Crippen LogP) is 8.59. The van der Waals surface area contributed by atoms with E-state index >= 15 is 0 Å². The van der Waals surface area contributed by atoms with Crippen LogP contribution in [-0.2, 0) is 0 Å². The van der Waals surface area contributed by atoms with Crippen LogP contribution in [0.15, 0.2) is 114 Å². The zero-order valence-corrected chi connectivity index (χ0v) is 22.4. The van der Waals surface area contributed by atoms with Crippen LogP contribution < -0.4 is 0 Å². The topological polar surface area (TPSA) is 35.1 Å². The van der Waals surface area contributed by atoms with Crippen LogP contribution in [0.4, 0.5) is 0 Å². The van der Waals surface area contributed by atoms with E-state index in [0.29, 0.717) is 0 Å². The lowest BCUT2D eigenvalue weighted by molar-refractivity contribution is 0.426. The fourth-order valence-corrected chi connectivity index (χ4v) is 7.06. The highest BCUT2D eigenvalue weighted by atomic mass is 15.0. The number of allylic oxidation sites excluding steroid dienone is 1. The molecule has 9 rings (SSSR count). The monoisotopic (exact) mass is 524 g/mol. The predicted molar refractivity (Wildman–Crippen MR) is 168 cm³/mol. The molecule has 192 valence electrons. The molecule has 4 heteroatoms. The number of nitrogens with zero attached hydrogens (tertiary/aromatic N) is 4. The van der Waals surface area contributed by atoms with Crippen LogP contribution in [0, 0.1) is 17.5 Å². The van der Waals surface area contributed by atoms with E-state index in [0.717, 1.165) is 28.0 Å². The van der Waals surface area contributed by atoms with Crippen LogP contribution in [0.5, 0.6) is 0 Å². The van der Waals surface area contributed by atoms with Crippen LogP contribution in [-0.4, -0.2) is 20.3 Å². The number of para-hydroxylation sites is 3. The van der Waals surface area contributed by atoms with Crippen molar-refractivity contribution in [1.82, 2.24) is 14.1 Å². The molecular weight excluding hydrogens is 500 g/mol. The molecule has 2 atom stereocenters. The summed E-state index contributed by atoms with van der Waals surface area (Å²) in [6.07, 6.45) is 10.7. The Morgan fingerprint density at radius 1 is 0.756 bits per heavy atom. The maximum Gasteiger partial charge on any atom is 0.107 e. The van der Waals surface area contributed by atoms with Gasteiger partial charge in [0, 0.05) is 45.2 Å². The highest BCUT2D eigenvalue weighted by Gasteiger charge is 2.44. The molecular formula is C37H24N4. The van der Waals surface area contributed by atoms with Crippen molar-refractivity contribution in [3.63, 3.8) is 0 Å². The summed E-state index contributed by atoms with van der Waals surface area (Å²) in [6, 6.07) is 38.4. The largest absolute Gasteiger partial charge is 0.312 e. The van der Waals surface area contributed by atoms with Gasteiger partial charge >= 0.3 is 0 Å². The average molecular weight is 525 g/mol. The first kappa shape index (κ1) is 22.4. The quantitative estimate of drug-likeness (QED) is 0.223. The van der Waals surface area contributed by atoms with E-state index in [4.69, 9.17) is 9.98 Å². The van der Waals surface area contributed by atoms with Crippen LogP contribution in [0.3, 0.4) is 0 Å². The highest BCUT2D eigenvalue weighted by molar-refractivity contribution is 6.11. The first-order valence-corrected chi connectivity index (χ1v) is 14.0. The second kappa shape index (κ2) is 8.06. The molecule has 2 aliphatic rings. The molecule has 0 radical (unpaired) electrons. The zero-order valence-electron chi connectivity index (χ0n) is 22.4. The molecule has 7 aromatic rings. The van der Waals surface area contributed by atoms with Crippen LogP contribution in [0.25, 0.3) is 61.1 Å². The van der Waals surface area contributed by atoms with E-state index in [1.165, 1.54) is 38.3 Å². The molecule has 1 unspecified atom stereocenters. The molecule has 0 bridgehead atoms. The summed E-state index contributed by atoms with van der Waals surface area (Å²) in [6.45, 7) is 2.29. The molecule has 0 N–H and O–H groups in total. The van der Waals surface area contributed by atoms with Crippen LogP contribution in [0.1, 0.15) is 24.2 Å². The van der Waals surface area contributed by atoms with Gasteiger partial charge in [0.25, 0.3) is 0 Å². The van der Waals surface area contributed by atoms with E-state index in [1.54, 1.807) is 0 Å². The Hall–Kier alpha value is -5.40. The van der Waals surface area contributed by atoms with Crippen LogP contribution >= 0.6 is 0 Å². The van der Waals surface area contributed by atoms with Crippen molar-refractivity contribution in [2.24, 2.45) is 10.4 Å². The molecule has 1 aliphatic heterocycles. The number of pyridine rings is 1. The molecule has 3 aromatic heterocycles. The Balaban J connectivity index is 1.27. The Morgan fingerprint density at radius 2 is 1.41 bits per heavy atom. The van der Waals surface area contributed by atoms with Gasteiger partial charge in [-0.2, -0.15) is 0 Å². The number of benzene rings is 3. The summed E-state index contributed by atoms with van der Waals surface area (Å²) < 4.78 is 4.71. The summed E-state index contributed by atoms with van der Waals surface area (Å²) in [5.74, 6) is 0. The van der Waals surface area contributed by atoms with E-state index in [-0.39, 0.29) is 6.04 Å². The maximum atomic E-state index is 5.08. The summed E-state index contributed by atoms with van der Waals surface area (Å²) in [5.41, 5.74) is 8.53. The smallest absolute Gasteiger partial charge is 0.107 e. The van der Waals surface area contributed by atoms with Gasteiger partial charge in [-0.1, -0.05) is 72.8 Å². The minimum Gasteiger partial charge on any atom is -0.312 e. The lowest BCUT2D eigenvalue weighted by Gasteiger charge is -2.40. The van der Waals surface area contributed by atoms with Crippen molar-refractivity contribution in [3.8, 4) is 5.69 Å². The normalized spacial score (nSPS) is 19.4. The van der Waals surface area contributed by atoms with Gasteiger partial charge in [-0.15, -0.1) is 0 Å². The number of hydrogen-bond acceptors (Lipinski definition) is 2. The van der Waals surface area contributed by atoms with Gasteiger partial charge in [0.1, 0.15) is 11.6 Å². The molecule has 0 saturated carbocycles. The fraction of sp³-hybridized carbons (Fsp3) is 0.0811. The average Bonchev–Trinajstić information content (AvgIpc) is 3.53. The summed E-state index contributed by atoms with van der Waals surface area (Å²) >= 11 is 0. The van der Waals surface area contributed by atoms with E-state index in [2.05, 4.69) is 131 Å². The third-order valence-electron chi connectivity index (χ3n) is 8.94. The number of fused-ring (bicyclic) bond motifs is 9. The van der Waals surface area contributed by atoms with E-state index < -0.39 is 5.41 Å². The molecule has 4 nitrogen and oxygen atoms in total. The Morgan fingerprint density at radius 3 is 2.15 bits per heavy atom. The summed E-state index contributed by atoms with van der Waals surface area (Å²) in [4.78, 5) is 10.1. The van der Waals surface area contributed by atoms with Gasteiger partial charge in [0.15, 0.2) is 0 Å². The standard InChI is InChI=1S/C37H24N4/c1-37-21-18-28-33(40-29-14-6-2-10-24(29)25-11-3-7-15-30(25)40)19-22-38-35(28)36(37)39-23-20-34(37)41-31-16-8-4-12-26(31)27-13-5-9-17-32(27)41/h2-6,8-14,16-23,36H,1H3/t36-,37?/m0/s1. The molecule has 0 fully saturated rings. The van der Waals surface area contributed by atoms with Gasteiger partial charge in [-0.3, -0.25) is 9.98 Å². The van der Waals surface area contributed by atoms with E-state index in [9.17, 15) is 0 Å². The molecule has 1 aliphatic carbocycles.